The van der Waals surface area contributed by atoms with Gasteiger partial charge in [0, 0.05) is 36.7 Å². The van der Waals surface area contributed by atoms with Crippen LogP contribution in [0.4, 0.5) is 19.3 Å². The summed E-state index contributed by atoms with van der Waals surface area (Å²) in [7, 11) is 0. The first kappa shape index (κ1) is 15.1. The molecule has 2 unspecified atom stereocenters. The van der Waals surface area contributed by atoms with Gasteiger partial charge in [0.1, 0.15) is 11.6 Å². The largest absolute Gasteiger partial charge is 0.465 e. The maximum atomic E-state index is 13.3. The standard InChI is InChI=1S/C16H20F2N2O2/c1-15(2,3)16(19-14(21)22)12-7-20(8-13(12)16)11-5-9(17)4-10(18)6-11/h4-6,12-13,19H,7-8H2,1-3H3,(H,21,22). The van der Waals surface area contributed by atoms with Crippen molar-refractivity contribution >= 4 is 11.8 Å². The van der Waals surface area contributed by atoms with Crippen LogP contribution >= 0.6 is 0 Å². The quantitative estimate of drug-likeness (QED) is 0.882. The van der Waals surface area contributed by atoms with E-state index in [9.17, 15) is 13.6 Å². The molecule has 3 rings (SSSR count). The molecule has 2 N–H and O–H groups in total. The van der Waals surface area contributed by atoms with Gasteiger partial charge >= 0.3 is 6.09 Å². The summed E-state index contributed by atoms with van der Waals surface area (Å²) in [6.45, 7) is 7.27. The summed E-state index contributed by atoms with van der Waals surface area (Å²) in [6.07, 6.45) is -1.02. The lowest BCUT2D eigenvalue weighted by atomic mass is 9.80. The Balaban J connectivity index is 1.81. The fourth-order valence-electron chi connectivity index (χ4n) is 4.23. The van der Waals surface area contributed by atoms with Crippen LogP contribution in [0, 0.1) is 28.9 Å². The van der Waals surface area contributed by atoms with Gasteiger partial charge in [0.15, 0.2) is 0 Å². The third kappa shape index (κ3) is 2.12. The maximum Gasteiger partial charge on any atom is 0.405 e. The molecule has 1 aromatic rings. The van der Waals surface area contributed by atoms with Crippen molar-refractivity contribution in [2.75, 3.05) is 18.0 Å². The van der Waals surface area contributed by atoms with Crippen LogP contribution in [-0.4, -0.2) is 29.8 Å². The number of amides is 1. The van der Waals surface area contributed by atoms with Crippen molar-refractivity contribution in [1.82, 2.24) is 5.32 Å². The monoisotopic (exact) mass is 310 g/mol. The van der Waals surface area contributed by atoms with E-state index in [-0.39, 0.29) is 17.3 Å². The fourth-order valence-corrected chi connectivity index (χ4v) is 4.23. The Morgan fingerprint density at radius 3 is 2.14 bits per heavy atom. The van der Waals surface area contributed by atoms with Crippen LogP contribution in [-0.2, 0) is 0 Å². The smallest absolute Gasteiger partial charge is 0.405 e. The molecular formula is C16H20F2N2O2. The highest BCUT2D eigenvalue weighted by molar-refractivity contribution is 5.68. The van der Waals surface area contributed by atoms with Gasteiger partial charge in [0.05, 0.1) is 5.54 Å². The highest BCUT2D eigenvalue weighted by Gasteiger charge is 2.73. The molecule has 6 heteroatoms. The van der Waals surface area contributed by atoms with Crippen molar-refractivity contribution in [2.24, 2.45) is 17.3 Å². The van der Waals surface area contributed by atoms with E-state index in [4.69, 9.17) is 5.11 Å². The number of anilines is 1. The number of hydrogen-bond donors (Lipinski definition) is 2. The lowest BCUT2D eigenvalue weighted by Crippen LogP contribution is -2.52. The molecule has 0 aromatic heterocycles. The maximum absolute atomic E-state index is 13.3. The summed E-state index contributed by atoms with van der Waals surface area (Å²) in [6, 6.07) is 3.49. The first-order valence-electron chi connectivity index (χ1n) is 7.37. The summed E-state index contributed by atoms with van der Waals surface area (Å²) in [5, 5.41) is 11.8. The number of fused-ring (bicyclic) bond motifs is 1. The zero-order chi connectivity index (χ0) is 16.3. The van der Waals surface area contributed by atoms with Gasteiger partial charge < -0.3 is 15.3 Å². The van der Waals surface area contributed by atoms with Crippen molar-refractivity contribution in [3.63, 3.8) is 0 Å². The Kier molecular flexibility index (Phi) is 3.13. The average Bonchev–Trinajstić information content (AvgIpc) is 2.78. The number of nitrogens with one attached hydrogen (secondary N) is 1. The molecule has 2 fully saturated rings. The number of nitrogens with zero attached hydrogens (tertiary/aromatic N) is 1. The van der Waals surface area contributed by atoms with Gasteiger partial charge in [0.25, 0.3) is 0 Å². The summed E-state index contributed by atoms with van der Waals surface area (Å²) in [4.78, 5) is 13.1. The molecule has 1 aromatic carbocycles. The molecule has 0 radical (unpaired) electrons. The molecule has 1 saturated heterocycles. The molecule has 2 atom stereocenters. The molecular weight excluding hydrogens is 290 g/mol. The molecule has 1 amide bonds. The van der Waals surface area contributed by atoms with Crippen molar-refractivity contribution in [3.8, 4) is 0 Å². The fraction of sp³-hybridized carbons (Fsp3) is 0.562. The van der Waals surface area contributed by atoms with Crippen LogP contribution in [0.5, 0.6) is 0 Å². The Hall–Kier alpha value is -1.85. The van der Waals surface area contributed by atoms with E-state index in [1.54, 1.807) is 0 Å². The minimum absolute atomic E-state index is 0.162. The van der Waals surface area contributed by atoms with Crippen LogP contribution < -0.4 is 10.2 Å². The second-order valence-corrected chi connectivity index (χ2v) is 7.29. The Morgan fingerprint density at radius 2 is 1.73 bits per heavy atom. The number of piperidine rings is 1. The van der Waals surface area contributed by atoms with Crippen molar-refractivity contribution in [3.05, 3.63) is 29.8 Å². The lowest BCUT2D eigenvalue weighted by Gasteiger charge is -2.37. The highest BCUT2D eigenvalue weighted by atomic mass is 19.1. The van der Waals surface area contributed by atoms with Crippen LogP contribution in [0.3, 0.4) is 0 Å². The van der Waals surface area contributed by atoms with Crippen LogP contribution in [0.25, 0.3) is 0 Å². The minimum atomic E-state index is -1.02. The van der Waals surface area contributed by atoms with Gasteiger partial charge in [-0.1, -0.05) is 20.8 Å². The second-order valence-electron chi connectivity index (χ2n) is 7.29. The zero-order valence-electron chi connectivity index (χ0n) is 12.9. The first-order valence-corrected chi connectivity index (χ1v) is 7.37. The van der Waals surface area contributed by atoms with Gasteiger partial charge in [-0.15, -0.1) is 0 Å². The Morgan fingerprint density at radius 1 is 1.23 bits per heavy atom. The molecule has 2 aliphatic rings. The SMILES string of the molecule is CC(C)(C)C1(NC(=O)O)C2CN(c3cc(F)cc(F)c3)CC21. The third-order valence-corrected chi connectivity index (χ3v) is 5.15. The Bertz CT molecular complexity index is 595. The predicted octanol–water partition coefficient (Wildman–Crippen LogP) is 3.08. The number of rotatable bonds is 2. The number of hydrogen-bond acceptors (Lipinski definition) is 2. The molecule has 0 bridgehead atoms. The zero-order valence-corrected chi connectivity index (χ0v) is 12.9. The molecule has 1 aliphatic carbocycles. The van der Waals surface area contributed by atoms with Gasteiger partial charge in [-0.3, -0.25) is 0 Å². The van der Waals surface area contributed by atoms with E-state index in [1.165, 1.54) is 12.1 Å². The Labute approximate surface area is 128 Å². The summed E-state index contributed by atoms with van der Waals surface area (Å²) in [5.74, 6) is -0.868. The van der Waals surface area contributed by atoms with E-state index in [2.05, 4.69) is 5.32 Å². The second kappa shape index (κ2) is 4.57. The van der Waals surface area contributed by atoms with Crippen LogP contribution in [0.2, 0.25) is 0 Å². The van der Waals surface area contributed by atoms with E-state index in [0.29, 0.717) is 18.8 Å². The van der Waals surface area contributed by atoms with Gasteiger partial charge in [-0.2, -0.15) is 0 Å². The van der Waals surface area contributed by atoms with Gasteiger partial charge in [-0.25, -0.2) is 13.6 Å². The summed E-state index contributed by atoms with van der Waals surface area (Å²) >= 11 is 0. The number of carboxylic acid groups (broad SMARTS) is 1. The summed E-state index contributed by atoms with van der Waals surface area (Å²) < 4.78 is 26.7. The average molecular weight is 310 g/mol. The number of carbonyl (C=O) groups is 1. The molecule has 0 spiro atoms. The van der Waals surface area contributed by atoms with Crippen molar-refractivity contribution < 1.29 is 18.7 Å². The van der Waals surface area contributed by atoms with Crippen molar-refractivity contribution in [1.29, 1.82) is 0 Å². The molecule has 4 nitrogen and oxygen atoms in total. The normalized spacial score (nSPS) is 30.1. The number of benzene rings is 1. The van der Waals surface area contributed by atoms with Crippen LogP contribution in [0.1, 0.15) is 20.8 Å². The third-order valence-electron chi connectivity index (χ3n) is 5.15. The first-order chi connectivity index (χ1) is 10.1. The molecule has 22 heavy (non-hydrogen) atoms. The topological polar surface area (TPSA) is 52.6 Å². The van der Waals surface area contributed by atoms with Gasteiger partial charge in [-0.05, 0) is 17.5 Å². The molecule has 120 valence electrons. The van der Waals surface area contributed by atoms with E-state index < -0.39 is 23.3 Å². The molecule has 1 heterocycles. The van der Waals surface area contributed by atoms with Crippen molar-refractivity contribution in [2.45, 2.75) is 26.3 Å². The lowest BCUT2D eigenvalue weighted by molar-refractivity contribution is 0.156. The van der Waals surface area contributed by atoms with E-state index >= 15 is 0 Å². The van der Waals surface area contributed by atoms with Crippen LogP contribution in [0.15, 0.2) is 18.2 Å². The van der Waals surface area contributed by atoms with E-state index in [1.807, 2.05) is 25.7 Å². The highest BCUT2D eigenvalue weighted by Crippen LogP contribution is 2.63. The van der Waals surface area contributed by atoms with Gasteiger partial charge in [0.2, 0.25) is 0 Å². The predicted molar refractivity (Wildman–Crippen MR) is 78.9 cm³/mol. The van der Waals surface area contributed by atoms with E-state index in [0.717, 1.165) is 6.07 Å². The molecule has 1 saturated carbocycles. The minimum Gasteiger partial charge on any atom is -0.465 e. The summed E-state index contributed by atoms with van der Waals surface area (Å²) in [5.41, 5.74) is -0.149. The number of halogens is 2. The molecule has 1 aliphatic heterocycles.